The van der Waals surface area contributed by atoms with Crippen LogP contribution < -0.4 is 10.1 Å². The van der Waals surface area contributed by atoms with Crippen molar-refractivity contribution in [3.8, 4) is 5.75 Å². The Morgan fingerprint density at radius 2 is 2.05 bits per heavy atom. The maximum absolute atomic E-state index is 5.91. The van der Waals surface area contributed by atoms with Crippen LogP contribution in [0.3, 0.4) is 0 Å². The maximum Gasteiger partial charge on any atom is 0.133 e. The molecule has 1 aliphatic heterocycles. The Morgan fingerprint density at radius 3 is 2.79 bits per heavy atom. The van der Waals surface area contributed by atoms with E-state index < -0.39 is 0 Å². The summed E-state index contributed by atoms with van der Waals surface area (Å²) in [5.74, 6) is 1.79. The van der Waals surface area contributed by atoms with Crippen molar-refractivity contribution in [2.24, 2.45) is 5.92 Å². The van der Waals surface area contributed by atoms with Crippen molar-refractivity contribution in [3.05, 3.63) is 28.2 Å². The second kappa shape index (κ2) is 6.25. The number of halogens is 1. The summed E-state index contributed by atoms with van der Waals surface area (Å²) in [7, 11) is 0. The lowest BCUT2D eigenvalue weighted by Crippen LogP contribution is -2.42. The van der Waals surface area contributed by atoms with E-state index >= 15 is 0 Å². The second-order valence-corrected chi connectivity index (χ2v) is 6.40. The fourth-order valence-corrected chi connectivity index (χ4v) is 2.74. The van der Waals surface area contributed by atoms with E-state index in [9.17, 15) is 0 Å². The van der Waals surface area contributed by atoms with Crippen LogP contribution in [-0.4, -0.2) is 37.7 Å². The third-order valence-corrected chi connectivity index (χ3v) is 4.44. The SMILES string of the molecule is Brc1ccc(CN2CCNCC2)cc1OCC1CC1. The predicted octanol–water partition coefficient (Wildman–Crippen LogP) is 2.64. The van der Waals surface area contributed by atoms with Crippen molar-refractivity contribution in [2.45, 2.75) is 19.4 Å². The molecule has 0 aromatic heterocycles. The van der Waals surface area contributed by atoms with Gasteiger partial charge in [0.05, 0.1) is 11.1 Å². The zero-order valence-electron chi connectivity index (χ0n) is 11.2. The Bertz CT molecular complexity index is 428. The van der Waals surface area contributed by atoms with E-state index in [0.29, 0.717) is 0 Å². The van der Waals surface area contributed by atoms with Crippen LogP contribution in [-0.2, 0) is 6.54 Å². The average Bonchev–Trinajstić information content (AvgIpc) is 3.25. The molecule has 1 saturated heterocycles. The first-order chi connectivity index (χ1) is 9.31. The van der Waals surface area contributed by atoms with Crippen LogP contribution in [0.4, 0.5) is 0 Å². The smallest absolute Gasteiger partial charge is 0.133 e. The minimum absolute atomic E-state index is 0.795. The summed E-state index contributed by atoms with van der Waals surface area (Å²) in [6.07, 6.45) is 2.66. The Labute approximate surface area is 123 Å². The zero-order valence-corrected chi connectivity index (χ0v) is 12.8. The molecule has 2 aliphatic rings. The van der Waals surface area contributed by atoms with Crippen molar-refractivity contribution < 1.29 is 4.74 Å². The van der Waals surface area contributed by atoms with E-state index in [1.54, 1.807) is 0 Å². The van der Waals surface area contributed by atoms with Gasteiger partial charge in [0.15, 0.2) is 0 Å². The van der Waals surface area contributed by atoms with Gasteiger partial charge in [-0.25, -0.2) is 0 Å². The topological polar surface area (TPSA) is 24.5 Å². The van der Waals surface area contributed by atoms with Gasteiger partial charge in [0.2, 0.25) is 0 Å². The van der Waals surface area contributed by atoms with Crippen molar-refractivity contribution >= 4 is 15.9 Å². The van der Waals surface area contributed by atoms with Crippen molar-refractivity contribution in [2.75, 3.05) is 32.8 Å². The van der Waals surface area contributed by atoms with Gasteiger partial charge in [0.1, 0.15) is 5.75 Å². The molecule has 4 heteroatoms. The minimum Gasteiger partial charge on any atom is -0.492 e. The van der Waals surface area contributed by atoms with Crippen LogP contribution in [0.1, 0.15) is 18.4 Å². The molecule has 0 spiro atoms. The molecule has 1 N–H and O–H groups in total. The van der Waals surface area contributed by atoms with Gasteiger partial charge >= 0.3 is 0 Å². The first-order valence-electron chi connectivity index (χ1n) is 7.15. The molecule has 0 bridgehead atoms. The molecule has 104 valence electrons. The lowest BCUT2D eigenvalue weighted by atomic mass is 10.2. The highest BCUT2D eigenvalue weighted by molar-refractivity contribution is 9.10. The molecule has 0 unspecified atom stereocenters. The summed E-state index contributed by atoms with van der Waals surface area (Å²) in [4.78, 5) is 2.49. The molecule has 0 amide bonds. The third-order valence-electron chi connectivity index (χ3n) is 3.78. The zero-order chi connectivity index (χ0) is 13.1. The molecule has 1 saturated carbocycles. The average molecular weight is 325 g/mol. The summed E-state index contributed by atoms with van der Waals surface area (Å²) >= 11 is 3.58. The Balaban J connectivity index is 1.61. The van der Waals surface area contributed by atoms with Crippen LogP contribution >= 0.6 is 15.9 Å². The van der Waals surface area contributed by atoms with Gasteiger partial charge in [0.25, 0.3) is 0 Å². The predicted molar refractivity (Wildman–Crippen MR) is 80.5 cm³/mol. The maximum atomic E-state index is 5.91. The summed E-state index contributed by atoms with van der Waals surface area (Å²) in [5, 5.41) is 3.39. The van der Waals surface area contributed by atoms with Gasteiger partial charge < -0.3 is 10.1 Å². The molecule has 1 heterocycles. The molecule has 1 aromatic rings. The van der Waals surface area contributed by atoms with Gasteiger partial charge in [0, 0.05) is 32.7 Å². The molecule has 3 rings (SSSR count). The van der Waals surface area contributed by atoms with Crippen LogP contribution in [0.2, 0.25) is 0 Å². The number of benzene rings is 1. The highest BCUT2D eigenvalue weighted by atomic mass is 79.9. The van der Waals surface area contributed by atoms with E-state index in [4.69, 9.17) is 4.74 Å². The molecule has 19 heavy (non-hydrogen) atoms. The van der Waals surface area contributed by atoms with Gasteiger partial charge in [-0.1, -0.05) is 6.07 Å². The number of nitrogens with one attached hydrogen (secondary N) is 1. The summed E-state index contributed by atoms with van der Waals surface area (Å²) < 4.78 is 6.98. The molecule has 0 atom stereocenters. The number of nitrogens with zero attached hydrogens (tertiary/aromatic N) is 1. The minimum atomic E-state index is 0.795. The van der Waals surface area contributed by atoms with E-state index in [1.807, 2.05) is 0 Å². The molecular weight excluding hydrogens is 304 g/mol. The van der Waals surface area contributed by atoms with E-state index in [1.165, 1.54) is 18.4 Å². The third kappa shape index (κ3) is 3.94. The number of ether oxygens (including phenoxy) is 1. The summed E-state index contributed by atoms with van der Waals surface area (Å²) in [6, 6.07) is 6.49. The van der Waals surface area contributed by atoms with Crippen LogP contribution in [0.25, 0.3) is 0 Å². The normalized spacial score (nSPS) is 20.5. The molecule has 3 nitrogen and oxygen atoms in total. The number of hydrogen-bond acceptors (Lipinski definition) is 3. The fourth-order valence-electron chi connectivity index (χ4n) is 2.38. The van der Waals surface area contributed by atoms with Gasteiger partial charge in [-0.3, -0.25) is 4.90 Å². The van der Waals surface area contributed by atoms with Gasteiger partial charge in [-0.2, -0.15) is 0 Å². The van der Waals surface area contributed by atoms with Gasteiger partial charge in [-0.05, 0) is 52.4 Å². The lowest BCUT2D eigenvalue weighted by Gasteiger charge is -2.27. The lowest BCUT2D eigenvalue weighted by molar-refractivity contribution is 0.232. The van der Waals surface area contributed by atoms with E-state index in [0.717, 1.165) is 55.5 Å². The van der Waals surface area contributed by atoms with Crippen LogP contribution in [0.5, 0.6) is 5.75 Å². The molecule has 1 aromatic carbocycles. The first kappa shape index (κ1) is 13.4. The Morgan fingerprint density at radius 1 is 1.26 bits per heavy atom. The largest absolute Gasteiger partial charge is 0.492 e. The van der Waals surface area contributed by atoms with Gasteiger partial charge in [-0.15, -0.1) is 0 Å². The van der Waals surface area contributed by atoms with Crippen molar-refractivity contribution in [1.29, 1.82) is 0 Å². The number of hydrogen-bond donors (Lipinski definition) is 1. The Kier molecular flexibility index (Phi) is 4.41. The molecule has 2 fully saturated rings. The summed E-state index contributed by atoms with van der Waals surface area (Å²) in [6.45, 7) is 6.36. The van der Waals surface area contributed by atoms with E-state index in [2.05, 4.69) is 44.3 Å². The highest BCUT2D eigenvalue weighted by Crippen LogP contribution is 2.32. The van der Waals surface area contributed by atoms with Crippen molar-refractivity contribution in [1.82, 2.24) is 10.2 Å². The molecule has 0 radical (unpaired) electrons. The molecule has 1 aliphatic carbocycles. The quantitative estimate of drug-likeness (QED) is 0.901. The fraction of sp³-hybridized carbons (Fsp3) is 0.600. The van der Waals surface area contributed by atoms with Crippen LogP contribution in [0.15, 0.2) is 22.7 Å². The number of piperazine rings is 1. The monoisotopic (exact) mass is 324 g/mol. The molecular formula is C15H21BrN2O. The first-order valence-corrected chi connectivity index (χ1v) is 7.95. The Hall–Kier alpha value is -0.580. The second-order valence-electron chi connectivity index (χ2n) is 5.55. The standard InChI is InChI=1S/C15H21BrN2O/c16-14-4-3-13(10-18-7-5-17-6-8-18)9-15(14)19-11-12-1-2-12/h3-4,9,12,17H,1-2,5-8,10-11H2. The van der Waals surface area contributed by atoms with Crippen LogP contribution in [0, 0.1) is 5.92 Å². The number of rotatable bonds is 5. The van der Waals surface area contributed by atoms with Crippen molar-refractivity contribution in [3.63, 3.8) is 0 Å². The summed E-state index contributed by atoms with van der Waals surface area (Å²) in [5.41, 5.74) is 1.34. The van der Waals surface area contributed by atoms with E-state index in [-0.39, 0.29) is 0 Å². The highest BCUT2D eigenvalue weighted by Gasteiger charge is 2.22.